The van der Waals surface area contributed by atoms with Crippen LogP contribution in [0.4, 0.5) is 5.69 Å². The van der Waals surface area contributed by atoms with Gasteiger partial charge in [-0.05, 0) is 37.3 Å². The number of carbonyl (C=O) groups excluding carboxylic acids is 2. The van der Waals surface area contributed by atoms with Crippen molar-refractivity contribution in [1.29, 1.82) is 0 Å². The molecule has 26 heavy (non-hydrogen) atoms. The molecular formula is C20H29N3O3. The fraction of sp³-hybridized carbons (Fsp3) is 0.600. The van der Waals surface area contributed by atoms with Crippen molar-refractivity contribution in [3.63, 3.8) is 0 Å². The summed E-state index contributed by atoms with van der Waals surface area (Å²) >= 11 is 0. The molecule has 6 heteroatoms. The predicted molar refractivity (Wildman–Crippen MR) is 101 cm³/mol. The number of aryl methyl sites for hydroxylation is 1. The number of hydrogen-bond acceptors (Lipinski definition) is 4. The predicted octanol–water partition coefficient (Wildman–Crippen LogP) is 2.25. The lowest BCUT2D eigenvalue weighted by Crippen LogP contribution is -2.38. The van der Waals surface area contributed by atoms with Gasteiger partial charge in [-0.1, -0.05) is 19.1 Å². The van der Waals surface area contributed by atoms with Crippen LogP contribution < -0.4 is 10.6 Å². The van der Waals surface area contributed by atoms with Gasteiger partial charge in [-0.15, -0.1) is 0 Å². The number of rotatable bonds is 6. The van der Waals surface area contributed by atoms with Gasteiger partial charge in [-0.3, -0.25) is 9.59 Å². The molecule has 3 rings (SSSR count). The summed E-state index contributed by atoms with van der Waals surface area (Å²) in [5, 5.41) is 6.15. The molecule has 0 bridgehead atoms. The smallest absolute Gasteiger partial charge is 0.241 e. The van der Waals surface area contributed by atoms with Crippen molar-refractivity contribution in [2.75, 3.05) is 38.1 Å². The third-order valence-electron chi connectivity index (χ3n) is 5.11. The molecule has 0 radical (unpaired) electrons. The normalized spacial score (nSPS) is 19.4. The van der Waals surface area contributed by atoms with Gasteiger partial charge >= 0.3 is 0 Å². The summed E-state index contributed by atoms with van der Waals surface area (Å²) in [6.45, 7) is 5.39. The molecule has 1 atom stereocenters. The van der Waals surface area contributed by atoms with E-state index in [1.807, 2.05) is 4.90 Å². The van der Waals surface area contributed by atoms with Crippen LogP contribution >= 0.6 is 0 Å². The number of amides is 2. The summed E-state index contributed by atoms with van der Waals surface area (Å²) in [4.78, 5) is 25.9. The Morgan fingerprint density at radius 3 is 2.88 bits per heavy atom. The topological polar surface area (TPSA) is 70.7 Å². The lowest BCUT2D eigenvalue weighted by Gasteiger charge is -2.17. The highest BCUT2D eigenvalue weighted by Crippen LogP contribution is 2.31. The van der Waals surface area contributed by atoms with Crippen molar-refractivity contribution in [1.82, 2.24) is 10.2 Å². The van der Waals surface area contributed by atoms with Crippen LogP contribution in [0.3, 0.4) is 0 Å². The number of benzene rings is 1. The van der Waals surface area contributed by atoms with Gasteiger partial charge in [0.15, 0.2) is 0 Å². The molecule has 1 aromatic carbocycles. The van der Waals surface area contributed by atoms with E-state index in [1.54, 1.807) is 0 Å². The van der Waals surface area contributed by atoms with Crippen molar-refractivity contribution in [3.8, 4) is 0 Å². The first-order valence-electron chi connectivity index (χ1n) is 9.70. The SMILES string of the molecule is CCC1OCCNc2ccc(CCC(=O)NCC(=O)N3CCCC3)cc21. The maximum absolute atomic E-state index is 12.1. The molecule has 1 saturated heterocycles. The van der Waals surface area contributed by atoms with E-state index in [2.05, 4.69) is 35.8 Å². The molecule has 6 nitrogen and oxygen atoms in total. The Kier molecular flexibility index (Phi) is 6.50. The van der Waals surface area contributed by atoms with Gasteiger partial charge in [0.25, 0.3) is 0 Å². The number of anilines is 1. The molecule has 1 aromatic rings. The van der Waals surface area contributed by atoms with Gasteiger partial charge in [0, 0.05) is 37.3 Å². The van der Waals surface area contributed by atoms with Gasteiger partial charge in [-0.2, -0.15) is 0 Å². The quantitative estimate of drug-likeness (QED) is 0.817. The lowest BCUT2D eigenvalue weighted by molar-refractivity contribution is -0.132. The fourth-order valence-corrected chi connectivity index (χ4v) is 3.61. The molecule has 2 heterocycles. The van der Waals surface area contributed by atoms with E-state index in [9.17, 15) is 9.59 Å². The van der Waals surface area contributed by atoms with Crippen LogP contribution in [-0.4, -0.2) is 49.5 Å². The average Bonchev–Trinajstić information content (AvgIpc) is 3.12. The maximum atomic E-state index is 12.1. The van der Waals surface area contributed by atoms with Gasteiger partial charge in [-0.25, -0.2) is 0 Å². The third kappa shape index (κ3) is 4.75. The Labute approximate surface area is 155 Å². The van der Waals surface area contributed by atoms with E-state index >= 15 is 0 Å². The van der Waals surface area contributed by atoms with Crippen LogP contribution in [0.2, 0.25) is 0 Å². The molecule has 1 fully saturated rings. The summed E-state index contributed by atoms with van der Waals surface area (Å²) in [5.41, 5.74) is 3.42. The first kappa shape index (κ1) is 18.7. The first-order chi connectivity index (χ1) is 12.7. The van der Waals surface area contributed by atoms with Crippen LogP contribution in [0.5, 0.6) is 0 Å². The van der Waals surface area contributed by atoms with E-state index in [0.29, 0.717) is 19.4 Å². The van der Waals surface area contributed by atoms with Crippen molar-refractivity contribution < 1.29 is 14.3 Å². The molecule has 142 valence electrons. The average molecular weight is 359 g/mol. The number of nitrogens with one attached hydrogen (secondary N) is 2. The highest BCUT2D eigenvalue weighted by molar-refractivity contribution is 5.84. The van der Waals surface area contributed by atoms with E-state index in [1.165, 1.54) is 5.56 Å². The Hall–Kier alpha value is -2.08. The molecule has 0 aromatic heterocycles. The zero-order valence-corrected chi connectivity index (χ0v) is 15.6. The standard InChI is InChI=1S/C20H29N3O3/c1-2-18-16-13-15(5-7-17(16)21-9-12-26-18)6-8-19(24)22-14-20(25)23-10-3-4-11-23/h5,7,13,18,21H,2-4,6,8-12,14H2,1H3,(H,22,24). The lowest BCUT2D eigenvalue weighted by atomic mass is 9.99. The summed E-state index contributed by atoms with van der Waals surface area (Å²) in [6.07, 6.45) is 4.21. The number of fused-ring (bicyclic) bond motifs is 1. The summed E-state index contributed by atoms with van der Waals surface area (Å²) in [6, 6.07) is 6.29. The van der Waals surface area contributed by atoms with Gasteiger partial charge < -0.3 is 20.3 Å². The van der Waals surface area contributed by atoms with Crippen molar-refractivity contribution in [2.45, 2.75) is 45.1 Å². The second-order valence-corrected chi connectivity index (χ2v) is 6.98. The summed E-state index contributed by atoms with van der Waals surface area (Å²) in [7, 11) is 0. The summed E-state index contributed by atoms with van der Waals surface area (Å²) in [5.74, 6) is -0.0520. The second kappa shape index (κ2) is 9.03. The monoisotopic (exact) mass is 359 g/mol. The molecular weight excluding hydrogens is 330 g/mol. The van der Waals surface area contributed by atoms with Gasteiger partial charge in [0.05, 0.1) is 19.3 Å². The number of nitrogens with zero attached hydrogens (tertiary/aromatic N) is 1. The minimum absolute atomic E-state index is 0.0230. The number of carbonyl (C=O) groups is 2. The van der Waals surface area contributed by atoms with Crippen LogP contribution in [0, 0.1) is 0 Å². The Bertz CT molecular complexity index is 641. The number of likely N-dealkylation sites (tertiary alicyclic amines) is 1. The number of ether oxygens (including phenoxy) is 1. The largest absolute Gasteiger partial charge is 0.382 e. The Balaban J connectivity index is 1.50. The molecule has 1 unspecified atom stereocenters. The summed E-state index contributed by atoms with van der Waals surface area (Å²) < 4.78 is 5.89. The van der Waals surface area contributed by atoms with Crippen LogP contribution in [0.15, 0.2) is 18.2 Å². The first-order valence-corrected chi connectivity index (χ1v) is 9.70. The zero-order valence-electron chi connectivity index (χ0n) is 15.6. The minimum atomic E-state index is -0.0751. The zero-order chi connectivity index (χ0) is 18.4. The maximum Gasteiger partial charge on any atom is 0.241 e. The molecule has 2 aliphatic rings. The Morgan fingerprint density at radius 1 is 1.31 bits per heavy atom. The van der Waals surface area contributed by atoms with Crippen molar-refractivity contribution >= 4 is 17.5 Å². The van der Waals surface area contributed by atoms with E-state index < -0.39 is 0 Å². The van der Waals surface area contributed by atoms with E-state index in [4.69, 9.17) is 4.74 Å². The second-order valence-electron chi connectivity index (χ2n) is 6.98. The highest BCUT2D eigenvalue weighted by atomic mass is 16.5. The number of hydrogen-bond donors (Lipinski definition) is 2. The van der Waals surface area contributed by atoms with E-state index in [0.717, 1.165) is 50.1 Å². The molecule has 0 spiro atoms. The van der Waals surface area contributed by atoms with Crippen molar-refractivity contribution in [3.05, 3.63) is 29.3 Å². The van der Waals surface area contributed by atoms with Crippen molar-refractivity contribution in [2.24, 2.45) is 0 Å². The molecule has 0 aliphatic carbocycles. The Morgan fingerprint density at radius 2 is 2.12 bits per heavy atom. The van der Waals surface area contributed by atoms with E-state index in [-0.39, 0.29) is 24.5 Å². The third-order valence-corrected chi connectivity index (χ3v) is 5.11. The van der Waals surface area contributed by atoms with Crippen LogP contribution in [0.1, 0.15) is 49.8 Å². The fourth-order valence-electron chi connectivity index (χ4n) is 3.61. The molecule has 2 amide bonds. The molecule has 2 aliphatic heterocycles. The van der Waals surface area contributed by atoms with Crippen LogP contribution in [-0.2, 0) is 20.7 Å². The highest BCUT2D eigenvalue weighted by Gasteiger charge is 2.19. The molecule has 2 N–H and O–H groups in total. The van der Waals surface area contributed by atoms with Gasteiger partial charge in [0.1, 0.15) is 0 Å². The molecule has 0 saturated carbocycles. The van der Waals surface area contributed by atoms with Crippen LogP contribution in [0.25, 0.3) is 0 Å². The van der Waals surface area contributed by atoms with Gasteiger partial charge in [0.2, 0.25) is 11.8 Å². The minimum Gasteiger partial charge on any atom is -0.382 e.